The molecule has 4 nitrogen and oxygen atoms in total. The third kappa shape index (κ3) is 27.0. The first-order chi connectivity index (χ1) is 5.04. The summed E-state index contributed by atoms with van der Waals surface area (Å²) in [4.78, 5) is 18.9. The molecule has 0 aliphatic heterocycles. The van der Waals surface area contributed by atoms with E-state index < -0.39 is 11.9 Å². The zero-order chi connectivity index (χ0) is 9.28. The first kappa shape index (κ1) is 12.9. The maximum atomic E-state index is 9.51. The largest absolute Gasteiger partial charge is 0.481 e. The molecule has 0 bridgehead atoms. The third-order valence-corrected chi connectivity index (χ3v) is 0.800. The number of carbonyl (C=O) groups is 2. The quantitative estimate of drug-likeness (QED) is 0.643. The van der Waals surface area contributed by atoms with E-state index in [4.69, 9.17) is 21.8 Å². The Balaban J connectivity index is 0. The average molecular weight is 183 g/mol. The average Bonchev–Trinajstić information content (AvgIpc) is 1.89. The van der Waals surface area contributed by atoms with Crippen LogP contribution >= 0.6 is 11.6 Å². The lowest BCUT2D eigenvalue weighted by atomic mass is 10.5. The van der Waals surface area contributed by atoms with Gasteiger partial charge in [0.15, 0.2) is 0 Å². The highest BCUT2D eigenvalue weighted by Crippen LogP contribution is 1.80. The first-order valence-electron chi connectivity index (χ1n) is 3.04. The second kappa shape index (κ2) is 9.23. The number of aliphatic carboxylic acids is 2. The van der Waals surface area contributed by atoms with Crippen molar-refractivity contribution < 1.29 is 19.8 Å². The van der Waals surface area contributed by atoms with E-state index in [1.54, 1.807) is 6.92 Å². The van der Waals surface area contributed by atoms with Crippen LogP contribution in [0.25, 0.3) is 0 Å². The molecule has 2 N–H and O–H groups in total. The smallest absolute Gasteiger partial charge is 0.304 e. The summed E-state index contributed by atoms with van der Waals surface area (Å²) in [6, 6.07) is 0. The predicted molar refractivity (Wildman–Crippen MR) is 40.9 cm³/mol. The fraction of sp³-hybridized carbons (Fsp3) is 0.667. The number of halogens is 1. The van der Waals surface area contributed by atoms with E-state index in [9.17, 15) is 9.59 Å². The summed E-state index contributed by atoms with van der Waals surface area (Å²) >= 11 is 5.02. The van der Waals surface area contributed by atoms with Gasteiger partial charge in [0.25, 0.3) is 0 Å². The fourth-order valence-electron chi connectivity index (χ4n) is 0.0808. The topological polar surface area (TPSA) is 74.6 Å². The van der Waals surface area contributed by atoms with Crippen molar-refractivity contribution in [3.63, 3.8) is 0 Å². The Kier molecular flexibility index (Phi) is 10.8. The molecule has 0 spiro atoms. The number of carboxylic acid groups (broad SMARTS) is 2. The van der Waals surface area contributed by atoms with E-state index in [0.717, 1.165) is 0 Å². The molecule has 0 aromatic heterocycles. The molecule has 0 aromatic rings. The molecule has 66 valence electrons. The van der Waals surface area contributed by atoms with Gasteiger partial charge in [0.1, 0.15) is 0 Å². The molecule has 0 aliphatic carbocycles. The molecule has 5 heteroatoms. The van der Waals surface area contributed by atoms with Gasteiger partial charge in [0.05, 0.1) is 6.42 Å². The fourth-order valence-corrected chi connectivity index (χ4v) is 0.243. The van der Waals surface area contributed by atoms with Crippen LogP contribution in [-0.4, -0.2) is 28.0 Å². The van der Waals surface area contributed by atoms with Gasteiger partial charge >= 0.3 is 11.9 Å². The van der Waals surface area contributed by atoms with Crippen LogP contribution in [0, 0.1) is 0 Å². The predicted octanol–water partition coefficient (Wildman–Crippen LogP) is 1.18. The van der Waals surface area contributed by atoms with Gasteiger partial charge in [-0.2, -0.15) is 0 Å². The standard InChI is InChI=1S/C3H5ClO2.C3H6O2/c4-2-1-3(5)6;1-2-3(4)5/h1-2H2,(H,5,6);2H2,1H3,(H,4,5). The van der Waals surface area contributed by atoms with Gasteiger partial charge in [-0.1, -0.05) is 6.92 Å². The summed E-state index contributed by atoms with van der Waals surface area (Å²) in [5.41, 5.74) is 0. The van der Waals surface area contributed by atoms with Gasteiger partial charge in [-0.05, 0) is 0 Å². The van der Waals surface area contributed by atoms with E-state index in [1.807, 2.05) is 0 Å². The van der Waals surface area contributed by atoms with Crippen LogP contribution < -0.4 is 0 Å². The number of carboxylic acids is 2. The molecular formula is C6H11ClO4. The Labute approximate surface area is 69.8 Å². The van der Waals surface area contributed by atoms with Crippen LogP contribution in [0.2, 0.25) is 0 Å². The lowest BCUT2D eigenvalue weighted by molar-refractivity contribution is -0.137. The van der Waals surface area contributed by atoms with Crippen molar-refractivity contribution in [1.29, 1.82) is 0 Å². The minimum atomic E-state index is -0.843. The summed E-state index contributed by atoms with van der Waals surface area (Å²) in [5.74, 6) is -1.38. The normalized spacial score (nSPS) is 7.82. The lowest BCUT2D eigenvalue weighted by Gasteiger charge is -1.78. The van der Waals surface area contributed by atoms with Gasteiger partial charge in [0.2, 0.25) is 0 Å². The molecule has 11 heavy (non-hydrogen) atoms. The monoisotopic (exact) mass is 182 g/mol. The maximum Gasteiger partial charge on any atom is 0.304 e. The Bertz CT molecular complexity index is 124. The van der Waals surface area contributed by atoms with Gasteiger partial charge in [-0.25, -0.2) is 0 Å². The summed E-state index contributed by atoms with van der Waals surface area (Å²) in [7, 11) is 0. The van der Waals surface area contributed by atoms with Crippen molar-refractivity contribution in [2.75, 3.05) is 5.88 Å². The molecule has 0 aromatic carbocycles. The van der Waals surface area contributed by atoms with E-state index in [1.165, 1.54) is 0 Å². The number of hydrogen-bond acceptors (Lipinski definition) is 2. The van der Waals surface area contributed by atoms with Crippen molar-refractivity contribution in [3.05, 3.63) is 0 Å². The van der Waals surface area contributed by atoms with Crippen LogP contribution in [0.1, 0.15) is 19.8 Å². The van der Waals surface area contributed by atoms with Gasteiger partial charge in [0, 0.05) is 12.3 Å². The molecule has 0 saturated carbocycles. The van der Waals surface area contributed by atoms with Crippen molar-refractivity contribution in [1.82, 2.24) is 0 Å². The molecule has 0 saturated heterocycles. The van der Waals surface area contributed by atoms with Crippen LogP contribution in [0.5, 0.6) is 0 Å². The van der Waals surface area contributed by atoms with Crippen LogP contribution in [0.3, 0.4) is 0 Å². The maximum absolute atomic E-state index is 9.51. The summed E-state index contributed by atoms with van der Waals surface area (Å²) < 4.78 is 0. The van der Waals surface area contributed by atoms with Crippen molar-refractivity contribution >= 4 is 23.5 Å². The van der Waals surface area contributed by atoms with Gasteiger partial charge < -0.3 is 10.2 Å². The Morgan fingerprint density at radius 2 is 1.64 bits per heavy atom. The van der Waals surface area contributed by atoms with Crippen molar-refractivity contribution in [3.8, 4) is 0 Å². The molecule has 0 fully saturated rings. The molecular weight excluding hydrogens is 172 g/mol. The van der Waals surface area contributed by atoms with Crippen molar-refractivity contribution in [2.45, 2.75) is 19.8 Å². The highest BCUT2D eigenvalue weighted by atomic mass is 35.5. The Morgan fingerprint density at radius 3 is 1.64 bits per heavy atom. The zero-order valence-corrected chi connectivity index (χ0v) is 6.97. The van der Waals surface area contributed by atoms with Crippen molar-refractivity contribution in [2.24, 2.45) is 0 Å². The first-order valence-corrected chi connectivity index (χ1v) is 3.57. The highest BCUT2D eigenvalue weighted by molar-refractivity contribution is 6.18. The van der Waals surface area contributed by atoms with E-state index >= 15 is 0 Å². The second-order valence-corrected chi connectivity index (χ2v) is 1.96. The molecule has 0 unspecified atom stereocenters. The minimum absolute atomic E-state index is 0.0571. The number of hydrogen-bond donors (Lipinski definition) is 2. The molecule has 0 atom stereocenters. The van der Waals surface area contributed by atoms with Gasteiger partial charge in [-0.15, -0.1) is 11.6 Å². The van der Waals surface area contributed by atoms with Crippen LogP contribution in [0.15, 0.2) is 0 Å². The van der Waals surface area contributed by atoms with Crippen LogP contribution in [-0.2, 0) is 9.59 Å². The van der Waals surface area contributed by atoms with E-state index in [-0.39, 0.29) is 18.7 Å². The summed E-state index contributed by atoms with van der Waals surface area (Å²) in [6.07, 6.45) is 0.279. The Morgan fingerprint density at radius 1 is 1.27 bits per heavy atom. The zero-order valence-electron chi connectivity index (χ0n) is 6.21. The van der Waals surface area contributed by atoms with Crippen LogP contribution in [0.4, 0.5) is 0 Å². The summed E-state index contributed by atoms with van der Waals surface area (Å²) in [5, 5.41) is 15.6. The summed E-state index contributed by atoms with van der Waals surface area (Å²) in [6.45, 7) is 1.60. The van der Waals surface area contributed by atoms with E-state index in [2.05, 4.69) is 0 Å². The lowest BCUT2D eigenvalue weighted by Crippen LogP contribution is -1.93. The molecule has 0 amide bonds. The molecule has 0 rings (SSSR count). The Hall–Kier alpha value is -0.770. The minimum Gasteiger partial charge on any atom is -0.481 e. The number of rotatable bonds is 3. The van der Waals surface area contributed by atoms with Gasteiger partial charge in [-0.3, -0.25) is 9.59 Å². The molecule has 0 aliphatic rings. The highest BCUT2D eigenvalue weighted by Gasteiger charge is 1.89. The van der Waals surface area contributed by atoms with E-state index in [0.29, 0.717) is 0 Å². The third-order valence-electron chi connectivity index (χ3n) is 0.611. The SMILES string of the molecule is CCC(=O)O.O=C(O)CCCl. The molecule has 0 radical (unpaired) electrons. The molecule has 0 heterocycles. The second-order valence-electron chi connectivity index (χ2n) is 1.58. The number of alkyl halides is 1.